The molecule has 1 aromatic rings. The van der Waals surface area contributed by atoms with Gasteiger partial charge in [-0.05, 0) is 38.0 Å². The fourth-order valence-corrected chi connectivity index (χ4v) is 3.38. The molecule has 0 radical (unpaired) electrons. The lowest BCUT2D eigenvalue weighted by Gasteiger charge is -2.24. The van der Waals surface area contributed by atoms with Gasteiger partial charge in [0.1, 0.15) is 6.04 Å². The van der Waals surface area contributed by atoms with Gasteiger partial charge in [0.2, 0.25) is 5.91 Å². The molecule has 126 valence electrons. The largest absolute Gasteiger partial charge is 0.385 e. The molecular formula is C15H21N3O4S. The summed E-state index contributed by atoms with van der Waals surface area (Å²) in [6.07, 6.45) is 2.32. The Morgan fingerprint density at radius 3 is 2.65 bits per heavy atom. The molecule has 7 nitrogen and oxygen atoms in total. The van der Waals surface area contributed by atoms with Crippen molar-refractivity contribution in [1.29, 1.82) is 0 Å². The number of carbonyl (C=O) groups is 2. The summed E-state index contributed by atoms with van der Waals surface area (Å²) in [6, 6.07) is 3.74. The molecule has 1 aliphatic heterocycles. The normalized spacial score (nSPS) is 18.0. The van der Waals surface area contributed by atoms with Crippen LogP contribution in [0.2, 0.25) is 0 Å². The Labute approximate surface area is 135 Å². The van der Waals surface area contributed by atoms with Crippen molar-refractivity contribution in [2.24, 2.45) is 5.73 Å². The van der Waals surface area contributed by atoms with Crippen molar-refractivity contribution in [2.45, 2.75) is 30.7 Å². The first-order chi connectivity index (χ1) is 10.8. The van der Waals surface area contributed by atoms with E-state index in [4.69, 9.17) is 5.73 Å². The van der Waals surface area contributed by atoms with Gasteiger partial charge in [0.05, 0.1) is 10.5 Å². The highest BCUT2D eigenvalue weighted by atomic mass is 32.2. The van der Waals surface area contributed by atoms with Gasteiger partial charge in [-0.15, -0.1) is 0 Å². The summed E-state index contributed by atoms with van der Waals surface area (Å²) in [6.45, 7) is 2.89. The highest BCUT2D eigenvalue weighted by Crippen LogP contribution is 2.26. The zero-order valence-electron chi connectivity index (χ0n) is 13.2. The molecule has 2 rings (SSSR count). The number of sulfone groups is 1. The van der Waals surface area contributed by atoms with Crippen molar-refractivity contribution >= 4 is 27.3 Å². The number of hydrogen-bond acceptors (Lipinski definition) is 5. The number of benzene rings is 1. The Morgan fingerprint density at radius 1 is 1.39 bits per heavy atom. The second-order valence-electron chi connectivity index (χ2n) is 5.57. The maximum absolute atomic E-state index is 12.8. The molecule has 1 fully saturated rings. The minimum Gasteiger partial charge on any atom is -0.385 e. The number of anilines is 1. The Kier molecular flexibility index (Phi) is 4.93. The van der Waals surface area contributed by atoms with Crippen molar-refractivity contribution < 1.29 is 18.0 Å². The monoisotopic (exact) mass is 339 g/mol. The number of nitrogens with two attached hydrogens (primary N) is 1. The Morgan fingerprint density at radius 2 is 2.09 bits per heavy atom. The van der Waals surface area contributed by atoms with Crippen LogP contribution >= 0.6 is 0 Å². The van der Waals surface area contributed by atoms with E-state index in [1.807, 2.05) is 6.92 Å². The number of nitrogens with one attached hydrogen (secondary N) is 1. The molecule has 0 saturated carbocycles. The number of rotatable bonds is 5. The molecule has 1 aromatic carbocycles. The minimum atomic E-state index is -3.43. The fourth-order valence-electron chi connectivity index (χ4n) is 2.74. The number of carbonyl (C=O) groups excluding carboxylic acids is 2. The van der Waals surface area contributed by atoms with E-state index in [1.165, 1.54) is 17.0 Å². The molecule has 0 aliphatic carbocycles. The van der Waals surface area contributed by atoms with E-state index >= 15 is 0 Å². The molecular weight excluding hydrogens is 318 g/mol. The van der Waals surface area contributed by atoms with E-state index in [-0.39, 0.29) is 16.4 Å². The number of hydrogen-bond donors (Lipinski definition) is 2. The van der Waals surface area contributed by atoms with Crippen molar-refractivity contribution in [3.63, 3.8) is 0 Å². The molecule has 1 atom stereocenters. The van der Waals surface area contributed by atoms with E-state index in [0.29, 0.717) is 31.6 Å². The number of amides is 2. The topological polar surface area (TPSA) is 110 Å². The van der Waals surface area contributed by atoms with E-state index in [9.17, 15) is 18.0 Å². The van der Waals surface area contributed by atoms with Crippen LogP contribution in [0.5, 0.6) is 0 Å². The van der Waals surface area contributed by atoms with Gasteiger partial charge in [-0.25, -0.2) is 8.42 Å². The summed E-state index contributed by atoms with van der Waals surface area (Å²) in [5.74, 6) is -0.923. The fraction of sp³-hybridized carbons (Fsp3) is 0.467. The van der Waals surface area contributed by atoms with Gasteiger partial charge in [0, 0.05) is 25.0 Å². The van der Waals surface area contributed by atoms with Gasteiger partial charge in [0.15, 0.2) is 9.84 Å². The second-order valence-corrected chi connectivity index (χ2v) is 7.58. The summed E-state index contributed by atoms with van der Waals surface area (Å²) in [7, 11) is -3.43. The van der Waals surface area contributed by atoms with E-state index in [1.54, 1.807) is 6.07 Å². The molecule has 8 heteroatoms. The first kappa shape index (κ1) is 17.3. The number of likely N-dealkylation sites (tertiary alicyclic amines) is 1. The van der Waals surface area contributed by atoms with Crippen LogP contribution in [-0.2, 0) is 14.6 Å². The zero-order chi connectivity index (χ0) is 17.2. The van der Waals surface area contributed by atoms with E-state index < -0.39 is 21.8 Å². The second kappa shape index (κ2) is 6.57. The van der Waals surface area contributed by atoms with Crippen LogP contribution in [-0.4, -0.2) is 50.5 Å². The Bertz CT molecular complexity index is 730. The Balaban J connectivity index is 2.46. The molecule has 1 saturated heterocycles. The lowest BCUT2D eigenvalue weighted by molar-refractivity contribution is -0.121. The average molecular weight is 339 g/mol. The van der Waals surface area contributed by atoms with Crippen LogP contribution in [0, 0.1) is 0 Å². The Hall–Kier alpha value is -2.09. The van der Waals surface area contributed by atoms with Crippen molar-refractivity contribution in [3.8, 4) is 0 Å². The first-order valence-electron chi connectivity index (χ1n) is 7.44. The predicted octanol–water partition coefficient (Wildman–Crippen LogP) is 0.612. The highest BCUT2D eigenvalue weighted by Gasteiger charge is 2.34. The van der Waals surface area contributed by atoms with Crippen LogP contribution < -0.4 is 11.1 Å². The first-order valence-corrected chi connectivity index (χ1v) is 9.33. The quantitative estimate of drug-likeness (QED) is 0.817. The smallest absolute Gasteiger partial charge is 0.256 e. The molecule has 23 heavy (non-hydrogen) atoms. The molecule has 2 amide bonds. The molecule has 1 heterocycles. The highest BCUT2D eigenvalue weighted by molar-refractivity contribution is 7.90. The third kappa shape index (κ3) is 3.64. The summed E-state index contributed by atoms with van der Waals surface area (Å²) in [4.78, 5) is 25.8. The average Bonchev–Trinajstić information content (AvgIpc) is 2.95. The maximum Gasteiger partial charge on any atom is 0.256 e. The standard InChI is InChI=1S/C15H21N3O4S/c1-3-17-12-7-6-10(23(2,21)22)9-11(12)15(20)18-8-4-5-13(18)14(16)19/h6-7,9,13,17H,3-5,8H2,1-2H3,(H2,16,19)/t13-/m1/s1. The third-order valence-electron chi connectivity index (χ3n) is 3.86. The van der Waals surface area contributed by atoms with Crippen molar-refractivity contribution in [3.05, 3.63) is 23.8 Å². The molecule has 0 unspecified atom stereocenters. The lowest BCUT2D eigenvalue weighted by Crippen LogP contribution is -2.43. The predicted molar refractivity (Wildman–Crippen MR) is 87.0 cm³/mol. The van der Waals surface area contributed by atoms with Gasteiger partial charge < -0.3 is 16.0 Å². The minimum absolute atomic E-state index is 0.0670. The summed E-state index contributed by atoms with van der Waals surface area (Å²) < 4.78 is 23.5. The van der Waals surface area contributed by atoms with Crippen LogP contribution in [0.4, 0.5) is 5.69 Å². The van der Waals surface area contributed by atoms with Gasteiger partial charge in [-0.3, -0.25) is 9.59 Å². The summed E-state index contributed by atoms with van der Waals surface area (Å²) >= 11 is 0. The molecule has 1 aliphatic rings. The van der Waals surface area contributed by atoms with E-state index in [0.717, 1.165) is 6.26 Å². The number of nitrogens with zero attached hydrogens (tertiary/aromatic N) is 1. The lowest BCUT2D eigenvalue weighted by atomic mass is 10.1. The summed E-state index contributed by atoms with van der Waals surface area (Å²) in [5, 5.41) is 3.04. The van der Waals surface area contributed by atoms with Gasteiger partial charge in [-0.1, -0.05) is 0 Å². The van der Waals surface area contributed by atoms with Crippen molar-refractivity contribution in [2.75, 3.05) is 24.7 Å². The molecule has 3 N–H and O–H groups in total. The number of primary amides is 1. The molecule has 0 bridgehead atoms. The molecule has 0 spiro atoms. The van der Waals surface area contributed by atoms with Crippen LogP contribution in [0.15, 0.2) is 23.1 Å². The van der Waals surface area contributed by atoms with Crippen LogP contribution in [0.25, 0.3) is 0 Å². The van der Waals surface area contributed by atoms with Gasteiger partial charge >= 0.3 is 0 Å². The maximum atomic E-state index is 12.8. The zero-order valence-corrected chi connectivity index (χ0v) is 14.0. The van der Waals surface area contributed by atoms with Crippen LogP contribution in [0.3, 0.4) is 0 Å². The molecule has 0 aromatic heterocycles. The van der Waals surface area contributed by atoms with E-state index in [2.05, 4.69) is 5.32 Å². The van der Waals surface area contributed by atoms with Crippen molar-refractivity contribution in [1.82, 2.24) is 4.90 Å². The van der Waals surface area contributed by atoms with Crippen LogP contribution in [0.1, 0.15) is 30.1 Å². The SMILES string of the molecule is CCNc1ccc(S(C)(=O)=O)cc1C(=O)N1CCC[C@@H]1C(N)=O. The third-order valence-corrected chi connectivity index (χ3v) is 4.97. The summed E-state index contributed by atoms with van der Waals surface area (Å²) in [5.41, 5.74) is 6.14. The van der Waals surface area contributed by atoms with Gasteiger partial charge in [-0.2, -0.15) is 0 Å². The van der Waals surface area contributed by atoms with Gasteiger partial charge in [0.25, 0.3) is 5.91 Å².